The number of rotatable bonds is 8. The molecule has 0 spiro atoms. The third kappa shape index (κ3) is 6.44. The summed E-state index contributed by atoms with van der Waals surface area (Å²) in [5.74, 6) is 0.452. The average molecular weight is 588 g/mol. The summed E-state index contributed by atoms with van der Waals surface area (Å²) in [6.07, 6.45) is 8.10. The molecule has 3 aromatic heterocycles. The minimum Gasteiger partial charge on any atom is -0.444 e. The first-order valence-corrected chi connectivity index (χ1v) is 14.6. The number of carbonyl (C=O) groups is 1. The molecule has 3 heterocycles. The van der Waals surface area contributed by atoms with Crippen LogP contribution in [0.1, 0.15) is 42.5 Å². The molecular weight excluding hydrogens is 554 g/mol. The van der Waals surface area contributed by atoms with Gasteiger partial charge in [-0.2, -0.15) is 15.5 Å². The van der Waals surface area contributed by atoms with Crippen molar-refractivity contribution < 1.29 is 9.53 Å². The van der Waals surface area contributed by atoms with Gasteiger partial charge in [-0.05, 0) is 61.9 Å². The Kier molecular flexibility index (Phi) is 8.32. The molecular formula is C33H33N9O2. The van der Waals surface area contributed by atoms with E-state index in [0.29, 0.717) is 22.9 Å². The number of anilines is 2. The van der Waals surface area contributed by atoms with Crippen molar-refractivity contribution in [3.8, 4) is 28.6 Å². The fourth-order valence-corrected chi connectivity index (χ4v) is 5.57. The highest BCUT2D eigenvalue weighted by Gasteiger charge is 2.31. The molecule has 2 aromatic carbocycles. The number of ether oxygens (including phenoxy) is 1. The maximum Gasteiger partial charge on any atom is 0.414 e. The van der Waals surface area contributed by atoms with Crippen LogP contribution in [0.25, 0.3) is 22.5 Å². The molecule has 0 unspecified atom stereocenters. The van der Waals surface area contributed by atoms with Crippen LogP contribution in [-0.2, 0) is 18.4 Å². The van der Waals surface area contributed by atoms with Crippen molar-refractivity contribution in [1.82, 2.24) is 29.9 Å². The number of nitrogens with one attached hydrogen (secondary N) is 2. The molecule has 222 valence electrons. The van der Waals surface area contributed by atoms with Crippen molar-refractivity contribution in [3.63, 3.8) is 0 Å². The quantitative estimate of drug-likeness (QED) is 0.225. The molecule has 0 atom stereocenters. The van der Waals surface area contributed by atoms with Gasteiger partial charge in [-0.1, -0.05) is 42.5 Å². The van der Waals surface area contributed by atoms with Crippen molar-refractivity contribution in [2.75, 3.05) is 10.2 Å². The molecule has 44 heavy (non-hydrogen) atoms. The van der Waals surface area contributed by atoms with Crippen molar-refractivity contribution in [1.29, 1.82) is 5.26 Å². The van der Waals surface area contributed by atoms with Crippen LogP contribution in [0.4, 0.5) is 16.4 Å². The zero-order valence-electron chi connectivity index (χ0n) is 24.6. The molecule has 0 radical (unpaired) electrons. The predicted octanol–water partition coefficient (Wildman–Crippen LogP) is 6.01. The zero-order valence-corrected chi connectivity index (χ0v) is 24.6. The first-order valence-electron chi connectivity index (χ1n) is 14.6. The van der Waals surface area contributed by atoms with E-state index in [2.05, 4.69) is 36.7 Å². The Labute approximate surface area is 255 Å². The lowest BCUT2D eigenvalue weighted by molar-refractivity contribution is 0.142. The predicted molar refractivity (Wildman–Crippen MR) is 166 cm³/mol. The Morgan fingerprint density at radius 1 is 1.09 bits per heavy atom. The van der Waals surface area contributed by atoms with Gasteiger partial charge in [0.15, 0.2) is 0 Å². The zero-order chi connectivity index (χ0) is 30.5. The van der Waals surface area contributed by atoms with Crippen molar-refractivity contribution in [2.45, 2.75) is 51.3 Å². The van der Waals surface area contributed by atoms with Crippen LogP contribution in [0.2, 0.25) is 0 Å². The molecule has 0 bridgehead atoms. The van der Waals surface area contributed by atoms with Crippen LogP contribution < -0.4 is 10.2 Å². The number of benzene rings is 2. The highest BCUT2D eigenvalue weighted by molar-refractivity contribution is 5.89. The molecule has 0 saturated heterocycles. The molecule has 6 rings (SSSR count). The molecule has 1 saturated carbocycles. The van der Waals surface area contributed by atoms with Gasteiger partial charge >= 0.3 is 6.09 Å². The van der Waals surface area contributed by atoms with Gasteiger partial charge in [0.25, 0.3) is 0 Å². The topological polar surface area (TPSA) is 138 Å². The summed E-state index contributed by atoms with van der Waals surface area (Å²) in [6.45, 7) is 2.10. The summed E-state index contributed by atoms with van der Waals surface area (Å²) in [7, 11) is 1.89. The third-order valence-electron chi connectivity index (χ3n) is 7.84. The fraction of sp³-hybridized carbons (Fsp3) is 0.273. The molecule has 0 aliphatic heterocycles. The summed E-state index contributed by atoms with van der Waals surface area (Å²) in [6, 6.07) is 21.7. The summed E-state index contributed by atoms with van der Waals surface area (Å²) < 4.78 is 7.59. The molecule has 1 aliphatic rings. The molecule has 2 N–H and O–H groups in total. The molecule has 11 heteroatoms. The lowest BCUT2D eigenvalue weighted by Crippen LogP contribution is -2.44. The minimum absolute atomic E-state index is 0.0370. The normalized spacial score (nSPS) is 16.2. The third-order valence-corrected chi connectivity index (χ3v) is 7.84. The maximum absolute atomic E-state index is 13.6. The molecule has 11 nitrogen and oxygen atoms in total. The second kappa shape index (κ2) is 12.8. The minimum atomic E-state index is -0.367. The van der Waals surface area contributed by atoms with Crippen molar-refractivity contribution in [2.24, 2.45) is 7.05 Å². The van der Waals surface area contributed by atoms with Crippen LogP contribution in [0.3, 0.4) is 0 Å². The Hall–Kier alpha value is -5.50. The van der Waals surface area contributed by atoms with E-state index >= 15 is 0 Å². The van der Waals surface area contributed by atoms with Gasteiger partial charge in [-0.25, -0.2) is 14.8 Å². The van der Waals surface area contributed by atoms with E-state index in [1.807, 2.05) is 87.0 Å². The SMILES string of the molecule is Cc1cc(-c2nc(NC3CCC(N(C(=O)OCc4ccccc4)c4ccc(-c5cnn(C)c5)cc4)CC3)ncc2C#N)n[nH]1. The van der Waals surface area contributed by atoms with E-state index in [9.17, 15) is 10.1 Å². The Morgan fingerprint density at radius 2 is 1.86 bits per heavy atom. The number of aromatic amines is 1. The summed E-state index contributed by atoms with van der Waals surface area (Å²) >= 11 is 0. The average Bonchev–Trinajstić information content (AvgIpc) is 3.70. The van der Waals surface area contributed by atoms with Gasteiger partial charge in [0.1, 0.15) is 24.1 Å². The number of aromatic nitrogens is 6. The van der Waals surface area contributed by atoms with Crippen molar-refractivity contribution >= 4 is 17.7 Å². The molecule has 1 aliphatic carbocycles. The second-order valence-corrected chi connectivity index (χ2v) is 11.0. The van der Waals surface area contributed by atoms with Gasteiger partial charge < -0.3 is 10.1 Å². The lowest BCUT2D eigenvalue weighted by Gasteiger charge is -2.36. The van der Waals surface area contributed by atoms with E-state index in [4.69, 9.17) is 4.74 Å². The van der Waals surface area contributed by atoms with Crippen LogP contribution in [0.5, 0.6) is 0 Å². The smallest absolute Gasteiger partial charge is 0.414 e. The number of nitrogens with zero attached hydrogens (tertiary/aromatic N) is 7. The molecule has 5 aromatic rings. The largest absolute Gasteiger partial charge is 0.444 e. The number of amides is 1. The van der Waals surface area contributed by atoms with E-state index < -0.39 is 0 Å². The van der Waals surface area contributed by atoms with Gasteiger partial charge in [0, 0.05) is 42.3 Å². The highest BCUT2D eigenvalue weighted by Crippen LogP contribution is 2.32. The summed E-state index contributed by atoms with van der Waals surface area (Å²) in [5.41, 5.74) is 6.11. The first kappa shape index (κ1) is 28.6. The number of H-pyrrole nitrogens is 1. The summed E-state index contributed by atoms with van der Waals surface area (Å²) in [4.78, 5) is 24.4. The van der Waals surface area contributed by atoms with Crippen LogP contribution in [0.15, 0.2) is 79.3 Å². The van der Waals surface area contributed by atoms with Crippen LogP contribution in [0, 0.1) is 18.3 Å². The number of hydrogen-bond donors (Lipinski definition) is 2. The van der Waals surface area contributed by atoms with Crippen LogP contribution >= 0.6 is 0 Å². The van der Waals surface area contributed by atoms with Gasteiger partial charge in [0.2, 0.25) is 5.95 Å². The molecule has 1 amide bonds. The maximum atomic E-state index is 13.6. The van der Waals surface area contributed by atoms with Crippen LogP contribution in [-0.4, -0.2) is 48.1 Å². The Bertz CT molecular complexity index is 1770. The number of hydrogen-bond acceptors (Lipinski definition) is 8. The van der Waals surface area contributed by atoms with E-state index in [-0.39, 0.29) is 24.8 Å². The molecule has 1 fully saturated rings. The van der Waals surface area contributed by atoms with E-state index in [1.54, 1.807) is 9.58 Å². The highest BCUT2D eigenvalue weighted by atomic mass is 16.6. The van der Waals surface area contributed by atoms with E-state index in [0.717, 1.165) is 53.8 Å². The number of aryl methyl sites for hydroxylation is 2. The van der Waals surface area contributed by atoms with Gasteiger partial charge in [0.05, 0.1) is 18.0 Å². The Morgan fingerprint density at radius 3 is 2.52 bits per heavy atom. The standard InChI is InChI=1S/C33H33N9O2/c1-22-16-30(40-39-22)31-25(17-34)18-35-32(38-31)37-27-10-14-29(15-11-27)42(33(43)44-21-23-6-4-3-5-7-23)28-12-8-24(9-13-28)26-19-36-41(2)20-26/h3-9,12-13,16,18-20,27,29H,10-11,14-15,21H2,1-2H3,(H,39,40)(H,35,37,38). The first-order chi connectivity index (χ1) is 21.5. The lowest BCUT2D eigenvalue weighted by atomic mass is 9.90. The second-order valence-electron chi connectivity index (χ2n) is 11.0. The monoisotopic (exact) mass is 587 g/mol. The number of nitriles is 1. The van der Waals surface area contributed by atoms with Crippen molar-refractivity contribution in [3.05, 3.63) is 96.1 Å². The summed E-state index contributed by atoms with van der Waals surface area (Å²) in [5, 5.41) is 24.4. The van der Waals surface area contributed by atoms with Gasteiger partial charge in [-0.3, -0.25) is 14.7 Å². The van der Waals surface area contributed by atoms with E-state index in [1.165, 1.54) is 6.20 Å². The fourth-order valence-electron chi connectivity index (χ4n) is 5.57. The Balaban J connectivity index is 1.17. The van der Waals surface area contributed by atoms with Gasteiger partial charge in [-0.15, -0.1) is 0 Å². The number of carbonyl (C=O) groups excluding carboxylic acids is 1.